The van der Waals surface area contributed by atoms with Gasteiger partial charge in [0.1, 0.15) is 24.8 Å². The summed E-state index contributed by atoms with van der Waals surface area (Å²) in [6.07, 6.45) is -1.57. The van der Waals surface area contributed by atoms with Crippen LogP contribution >= 0.6 is 11.6 Å². The molecule has 2 aromatic heterocycles. The molecule has 3 rings (SSSR count). The van der Waals surface area contributed by atoms with E-state index in [4.69, 9.17) is 11.6 Å². The average Bonchev–Trinajstić information content (AvgIpc) is 3.10. The molecular formula is C15H14ClF3N6O3. The number of hydrogen-bond acceptors (Lipinski definition) is 6. The topological polar surface area (TPSA) is 97.4 Å². The van der Waals surface area contributed by atoms with Crippen LogP contribution in [0, 0.1) is 10.1 Å². The van der Waals surface area contributed by atoms with Gasteiger partial charge in [0.15, 0.2) is 0 Å². The number of carbonyl (C=O) groups excluding carboxylic acids is 1. The number of halogens is 4. The molecule has 1 saturated heterocycles. The van der Waals surface area contributed by atoms with E-state index in [1.807, 2.05) is 0 Å². The zero-order valence-corrected chi connectivity index (χ0v) is 15.0. The molecule has 0 saturated carbocycles. The van der Waals surface area contributed by atoms with Gasteiger partial charge in [-0.3, -0.25) is 19.6 Å². The monoisotopic (exact) mass is 418 g/mol. The van der Waals surface area contributed by atoms with Crippen molar-refractivity contribution in [3.8, 4) is 0 Å². The van der Waals surface area contributed by atoms with E-state index in [9.17, 15) is 28.1 Å². The van der Waals surface area contributed by atoms with Gasteiger partial charge in [0.2, 0.25) is 5.91 Å². The lowest BCUT2D eigenvalue weighted by atomic mass is 10.2. The van der Waals surface area contributed by atoms with E-state index in [1.165, 1.54) is 10.9 Å². The SMILES string of the molecule is O=C(Cn1cc([N+](=O)[O-])cn1)N1CCN(c2ncc(C(F)(F)F)cc2Cl)CC1. The highest BCUT2D eigenvalue weighted by molar-refractivity contribution is 6.33. The van der Waals surface area contributed by atoms with E-state index in [-0.39, 0.29) is 29.0 Å². The summed E-state index contributed by atoms with van der Waals surface area (Å²) < 4.78 is 39.3. The summed E-state index contributed by atoms with van der Waals surface area (Å²) in [5.74, 6) is -0.0476. The molecule has 0 atom stereocenters. The van der Waals surface area contributed by atoms with Crippen LogP contribution in [-0.4, -0.2) is 56.7 Å². The molecule has 3 heterocycles. The maximum Gasteiger partial charge on any atom is 0.417 e. The Balaban J connectivity index is 1.59. The van der Waals surface area contributed by atoms with E-state index in [1.54, 1.807) is 9.80 Å². The number of nitrogens with zero attached hydrogens (tertiary/aromatic N) is 6. The zero-order chi connectivity index (χ0) is 20.5. The second-order valence-electron chi connectivity index (χ2n) is 6.05. The minimum absolute atomic E-state index is 0.113. The highest BCUT2D eigenvalue weighted by Gasteiger charge is 2.32. The minimum Gasteiger partial charge on any atom is -0.352 e. The Bertz CT molecular complexity index is 895. The molecule has 1 aliphatic rings. The van der Waals surface area contributed by atoms with Crippen LogP contribution in [0.25, 0.3) is 0 Å². The van der Waals surface area contributed by atoms with Gasteiger partial charge in [0, 0.05) is 32.4 Å². The first-order valence-corrected chi connectivity index (χ1v) is 8.45. The summed E-state index contributed by atoms with van der Waals surface area (Å²) in [5, 5.41) is 14.3. The normalized spacial score (nSPS) is 15.0. The predicted molar refractivity (Wildman–Crippen MR) is 91.9 cm³/mol. The molecule has 2 aromatic rings. The number of alkyl halides is 3. The number of amides is 1. The first-order valence-electron chi connectivity index (χ1n) is 8.07. The van der Waals surface area contributed by atoms with Gasteiger partial charge >= 0.3 is 11.9 Å². The lowest BCUT2D eigenvalue weighted by Crippen LogP contribution is -2.50. The standard InChI is InChI=1S/C15H14ClF3N6O3/c16-12-5-10(15(17,18)19)6-20-14(12)23-3-1-22(2-4-23)13(26)9-24-8-11(7-21-24)25(27)28/h5-8H,1-4,9H2. The van der Waals surface area contributed by atoms with Crippen molar-refractivity contribution in [1.82, 2.24) is 19.7 Å². The van der Waals surface area contributed by atoms with Crippen molar-refractivity contribution in [1.29, 1.82) is 0 Å². The maximum atomic E-state index is 12.7. The molecule has 1 amide bonds. The van der Waals surface area contributed by atoms with Gasteiger partial charge in [-0.05, 0) is 6.07 Å². The number of hydrogen-bond donors (Lipinski definition) is 0. The molecule has 0 aromatic carbocycles. The quantitative estimate of drug-likeness (QED) is 0.558. The van der Waals surface area contributed by atoms with Crippen LogP contribution in [0.3, 0.4) is 0 Å². The Kier molecular flexibility index (Phi) is 5.40. The lowest BCUT2D eigenvalue weighted by molar-refractivity contribution is -0.385. The Morgan fingerprint density at radius 3 is 2.46 bits per heavy atom. The summed E-state index contributed by atoms with van der Waals surface area (Å²) in [5.41, 5.74) is -1.14. The summed E-state index contributed by atoms with van der Waals surface area (Å²) in [6, 6.07) is 0.825. The third-order valence-corrected chi connectivity index (χ3v) is 4.49. The molecule has 0 spiro atoms. The van der Waals surface area contributed by atoms with E-state index < -0.39 is 16.7 Å². The van der Waals surface area contributed by atoms with Crippen LogP contribution in [0.5, 0.6) is 0 Å². The van der Waals surface area contributed by atoms with Gasteiger partial charge in [0.05, 0.1) is 15.5 Å². The van der Waals surface area contributed by atoms with Gasteiger partial charge in [-0.25, -0.2) is 4.98 Å². The van der Waals surface area contributed by atoms with Crippen LogP contribution in [0.15, 0.2) is 24.7 Å². The van der Waals surface area contributed by atoms with Crippen molar-refractivity contribution in [3.63, 3.8) is 0 Å². The molecule has 1 aliphatic heterocycles. The maximum absolute atomic E-state index is 12.7. The van der Waals surface area contributed by atoms with Crippen molar-refractivity contribution >= 4 is 29.0 Å². The van der Waals surface area contributed by atoms with E-state index >= 15 is 0 Å². The van der Waals surface area contributed by atoms with Crippen molar-refractivity contribution in [2.24, 2.45) is 0 Å². The Morgan fingerprint density at radius 1 is 1.25 bits per heavy atom. The van der Waals surface area contributed by atoms with Gasteiger partial charge in [-0.1, -0.05) is 11.6 Å². The Labute approximate surface area is 161 Å². The van der Waals surface area contributed by atoms with Crippen molar-refractivity contribution in [2.75, 3.05) is 31.1 Å². The molecular weight excluding hydrogens is 405 g/mol. The number of carbonyl (C=O) groups is 1. The summed E-state index contributed by atoms with van der Waals surface area (Å²) in [6.45, 7) is 1.14. The lowest BCUT2D eigenvalue weighted by Gasteiger charge is -2.35. The first kappa shape index (κ1) is 19.9. The van der Waals surface area contributed by atoms with E-state index in [0.29, 0.717) is 26.2 Å². The van der Waals surface area contributed by atoms with Crippen molar-refractivity contribution < 1.29 is 22.9 Å². The molecule has 13 heteroatoms. The number of pyridine rings is 1. The largest absolute Gasteiger partial charge is 0.417 e. The zero-order valence-electron chi connectivity index (χ0n) is 14.3. The average molecular weight is 419 g/mol. The van der Waals surface area contributed by atoms with E-state index in [0.717, 1.165) is 18.5 Å². The molecule has 0 unspecified atom stereocenters. The van der Waals surface area contributed by atoms with Gasteiger partial charge < -0.3 is 9.80 Å². The third-order valence-electron chi connectivity index (χ3n) is 4.21. The van der Waals surface area contributed by atoms with Crippen LogP contribution in [0.4, 0.5) is 24.7 Å². The third kappa shape index (κ3) is 4.32. The fourth-order valence-electron chi connectivity index (χ4n) is 2.76. The number of rotatable bonds is 4. The van der Waals surface area contributed by atoms with Crippen LogP contribution < -0.4 is 4.90 Å². The number of aromatic nitrogens is 3. The number of piperazine rings is 1. The highest BCUT2D eigenvalue weighted by atomic mass is 35.5. The van der Waals surface area contributed by atoms with Crippen LogP contribution in [0.1, 0.15) is 5.56 Å². The second-order valence-corrected chi connectivity index (χ2v) is 6.46. The van der Waals surface area contributed by atoms with Crippen LogP contribution in [0.2, 0.25) is 5.02 Å². The van der Waals surface area contributed by atoms with Gasteiger partial charge in [-0.15, -0.1) is 0 Å². The van der Waals surface area contributed by atoms with E-state index in [2.05, 4.69) is 10.1 Å². The molecule has 0 aliphatic carbocycles. The van der Waals surface area contributed by atoms with Gasteiger partial charge in [-0.2, -0.15) is 18.3 Å². The first-order chi connectivity index (χ1) is 13.1. The molecule has 28 heavy (non-hydrogen) atoms. The number of nitro groups is 1. The Morgan fingerprint density at radius 2 is 1.93 bits per heavy atom. The minimum atomic E-state index is -4.53. The highest BCUT2D eigenvalue weighted by Crippen LogP contribution is 2.33. The molecule has 9 nitrogen and oxygen atoms in total. The number of anilines is 1. The predicted octanol–water partition coefficient (Wildman–Crippen LogP) is 2.21. The van der Waals surface area contributed by atoms with Crippen LogP contribution in [-0.2, 0) is 17.5 Å². The van der Waals surface area contributed by atoms with Crippen molar-refractivity contribution in [3.05, 3.63) is 45.4 Å². The molecule has 0 radical (unpaired) electrons. The molecule has 150 valence electrons. The summed E-state index contributed by atoms with van der Waals surface area (Å²) in [7, 11) is 0. The smallest absolute Gasteiger partial charge is 0.352 e. The fourth-order valence-corrected chi connectivity index (χ4v) is 3.04. The van der Waals surface area contributed by atoms with Gasteiger partial charge in [0.25, 0.3) is 0 Å². The molecule has 0 bridgehead atoms. The second kappa shape index (κ2) is 7.62. The molecule has 0 N–H and O–H groups in total. The molecule has 1 fully saturated rings. The summed E-state index contributed by atoms with van der Waals surface area (Å²) in [4.78, 5) is 29.4. The van der Waals surface area contributed by atoms with Crippen molar-refractivity contribution in [2.45, 2.75) is 12.7 Å². The fraction of sp³-hybridized carbons (Fsp3) is 0.400. The summed E-state index contributed by atoms with van der Waals surface area (Å²) >= 11 is 5.95. The Hall–Kier alpha value is -2.89.